The van der Waals surface area contributed by atoms with Crippen LogP contribution in [0.5, 0.6) is 0 Å². The SMILES string of the molecule is CC(C(=O)O)[C@@H]1C[C@@H](C(N)C(=O)CCc2ccc(N)cc2)N(CCCc2ccccc2)C1=O. The molecule has 1 amide bonds. The Kier molecular flexibility index (Phi) is 8.22. The van der Waals surface area contributed by atoms with E-state index in [0.29, 0.717) is 25.1 Å². The second-order valence-corrected chi connectivity index (χ2v) is 8.89. The van der Waals surface area contributed by atoms with Crippen molar-refractivity contribution in [3.63, 3.8) is 0 Å². The number of nitrogens with two attached hydrogens (primary N) is 2. The number of carboxylic acids is 1. The maximum atomic E-state index is 13.1. The molecule has 7 heteroatoms. The van der Waals surface area contributed by atoms with Gasteiger partial charge in [-0.1, -0.05) is 49.4 Å². The van der Waals surface area contributed by atoms with E-state index in [-0.39, 0.29) is 24.5 Å². The smallest absolute Gasteiger partial charge is 0.307 e. The van der Waals surface area contributed by atoms with Crippen molar-refractivity contribution < 1.29 is 19.5 Å². The summed E-state index contributed by atoms with van der Waals surface area (Å²) in [7, 11) is 0. The van der Waals surface area contributed by atoms with Crippen LogP contribution in [0, 0.1) is 11.8 Å². The summed E-state index contributed by atoms with van der Waals surface area (Å²) in [6, 6.07) is 16.0. The molecule has 3 rings (SSSR count). The number of likely N-dealkylation sites (tertiary alicyclic amines) is 1. The lowest BCUT2D eigenvalue weighted by Crippen LogP contribution is -2.50. The van der Waals surface area contributed by atoms with Crippen molar-refractivity contribution in [2.75, 3.05) is 12.3 Å². The highest BCUT2D eigenvalue weighted by Gasteiger charge is 2.47. The molecule has 1 aliphatic rings. The van der Waals surface area contributed by atoms with E-state index in [2.05, 4.69) is 0 Å². The van der Waals surface area contributed by atoms with Crippen molar-refractivity contribution in [1.82, 2.24) is 4.90 Å². The minimum Gasteiger partial charge on any atom is -0.481 e. The van der Waals surface area contributed by atoms with E-state index >= 15 is 0 Å². The molecule has 2 aromatic carbocycles. The molecular formula is C26H33N3O4. The fourth-order valence-electron chi connectivity index (χ4n) is 4.50. The molecule has 4 atom stereocenters. The predicted molar refractivity (Wildman–Crippen MR) is 127 cm³/mol. The number of carbonyl (C=O) groups is 3. The largest absolute Gasteiger partial charge is 0.481 e. The summed E-state index contributed by atoms with van der Waals surface area (Å²) in [6.45, 7) is 1.99. The van der Waals surface area contributed by atoms with Gasteiger partial charge in [0.05, 0.1) is 23.9 Å². The van der Waals surface area contributed by atoms with Crippen molar-refractivity contribution in [3.05, 3.63) is 65.7 Å². The molecule has 1 fully saturated rings. The number of rotatable bonds is 11. The lowest BCUT2D eigenvalue weighted by atomic mass is 9.88. The number of nitrogens with zero attached hydrogens (tertiary/aromatic N) is 1. The Bertz CT molecular complexity index is 961. The monoisotopic (exact) mass is 451 g/mol. The van der Waals surface area contributed by atoms with Crippen molar-refractivity contribution in [2.45, 2.75) is 51.1 Å². The van der Waals surface area contributed by atoms with E-state index in [0.717, 1.165) is 12.0 Å². The third-order valence-corrected chi connectivity index (χ3v) is 6.62. The molecule has 1 saturated heterocycles. The van der Waals surface area contributed by atoms with Crippen LogP contribution >= 0.6 is 0 Å². The minimum absolute atomic E-state index is 0.124. The van der Waals surface area contributed by atoms with Gasteiger partial charge in [0.2, 0.25) is 5.91 Å². The zero-order valence-electron chi connectivity index (χ0n) is 19.0. The zero-order chi connectivity index (χ0) is 24.0. The molecule has 0 aromatic heterocycles. The third-order valence-electron chi connectivity index (χ3n) is 6.62. The van der Waals surface area contributed by atoms with Gasteiger partial charge in [0, 0.05) is 18.7 Å². The molecule has 0 bridgehead atoms. The van der Waals surface area contributed by atoms with Gasteiger partial charge in [-0.2, -0.15) is 0 Å². The number of aryl methyl sites for hydroxylation is 2. The van der Waals surface area contributed by atoms with E-state index in [1.165, 1.54) is 5.56 Å². The number of benzene rings is 2. The Morgan fingerprint density at radius 1 is 1.06 bits per heavy atom. The highest BCUT2D eigenvalue weighted by atomic mass is 16.4. The van der Waals surface area contributed by atoms with Crippen LogP contribution in [0.3, 0.4) is 0 Å². The van der Waals surface area contributed by atoms with Crippen LogP contribution in [0.2, 0.25) is 0 Å². The molecule has 5 N–H and O–H groups in total. The molecule has 1 heterocycles. The topological polar surface area (TPSA) is 127 Å². The first-order chi connectivity index (χ1) is 15.8. The van der Waals surface area contributed by atoms with E-state index in [1.807, 2.05) is 42.5 Å². The Labute approximate surface area is 194 Å². The second kappa shape index (κ2) is 11.1. The van der Waals surface area contributed by atoms with Gasteiger partial charge in [0.25, 0.3) is 0 Å². The fourth-order valence-corrected chi connectivity index (χ4v) is 4.50. The molecule has 0 aliphatic carbocycles. The number of hydrogen-bond acceptors (Lipinski definition) is 5. The standard InChI is InChI=1S/C26H33N3O4/c1-17(26(32)33)21-16-22(24(28)23(30)14-11-19-9-12-20(27)13-10-19)29(25(21)31)15-5-8-18-6-3-2-4-7-18/h2-4,6-7,9-10,12-13,17,21-22,24H,5,8,11,14-16,27-28H2,1H3,(H,32,33)/t17?,21-,22-,24?/m0/s1. The van der Waals surface area contributed by atoms with Crippen LogP contribution in [0.15, 0.2) is 54.6 Å². The molecule has 2 unspecified atom stereocenters. The molecule has 176 valence electrons. The Morgan fingerprint density at radius 2 is 1.70 bits per heavy atom. The zero-order valence-corrected chi connectivity index (χ0v) is 19.0. The summed E-state index contributed by atoms with van der Waals surface area (Å²) in [4.78, 5) is 39.3. The van der Waals surface area contributed by atoms with Crippen molar-refractivity contribution >= 4 is 23.3 Å². The number of Topliss-reactive ketones (excluding diaryl/α,β-unsaturated/α-hetero) is 1. The maximum absolute atomic E-state index is 13.1. The number of ketones is 1. The third kappa shape index (κ3) is 6.20. The summed E-state index contributed by atoms with van der Waals surface area (Å²) >= 11 is 0. The average Bonchev–Trinajstić information content (AvgIpc) is 3.14. The van der Waals surface area contributed by atoms with Gasteiger partial charge in [-0.25, -0.2) is 0 Å². The first-order valence-corrected chi connectivity index (χ1v) is 11.5. The van der Waals surface area contributed by atoms with Crippen molar-refractivity contribution in [1.29, 1.82) is 0 Å². The lowest BCUT2D eigenvalue weighted by molar-refractivity contribution is -0.147. The Morgan fingerprint density at radius 3 is 2.33 bits per heavy atom. The number of nitrogen functional groups attached to an aromatic ring is 1. The maximum Gasteiger partial charge on any atom is 0.307 e. The molecule has 0 spiro atoms. The second-order valence-electron chi connectivity index (χ2n) is 8.89. The van der Waals surface area contributed by atoms with Gasteiger partial charge in [-0.15, -0.1) is 0 Å². The summed E-state index contributed by atoms with van der Waals surface area (Å²) in [6.07, 6.45) is 2.58. The highest BCUT2D eigenvalue weighted by molar-refractivity contribution is 5.90. The first-order valence-electron chi connectivity index (χ1n) is 11.5. The normalized spacial score (nSPS) is 19.9. The number of anilines is 1. The van der Waals surface area contributed by atoms with Gasteiger partial charge < -0.3 is 21.5 Å². The number of carbonyl (C=O) groups excluding carboxylic acids is 2. The van der Waals surface area contributed by atoms with Crippen LogP contribution in [0.1, 0.15) is 37.3 Å². The van der Waals surface area contributed by atoms with Gasteiger partial charge >= 0.3 is 5.97 Å². The quantitative estimate of drug-likeness (QED) is 0.451. The first kappa shape index (κ1) is 24.5. The lowest BCUT2D eigenvalue weighted by Gasteiger charge is -2.29. The van der Waals surface area contributed by atoms with E-state index in [4.69, 9.17) is 11.5 Å². The summed E-state index contributed by atoms with van der Waals surface area (Å²) < 4.78 is 0. The highest BCUT2D eigenvalue weighted by Crippen LogP contribution is 2.33. The summed E-state index contributed by atoms with van der Waals surface area (Å²) in [5, 5.41) is 9.46. The van der Waals surface area contributed by atoms with E-state index in [1.54, 1.807) is 24.0 Å². The van der Waals surface area contributed by atoms with Gasteiger partial charge in [0.1, 0.15) is 0 Å². The van der Waals surface area contributed by atoms with Gasteiger partial charge in [-0.05, 0) is 48.9 Å². The molecular weight excluding hydrogens is 418 g/mol. The van der Waals surface area contributed by atoms with Crippen LogP contribution in [-0.2, 0) is 27.2 Å². The summed E-state index contributed by atoms with van der Waals surface area (Å²) in [5.41, 5.74) is 14.9. The van der Waals surface area contributed by atoms with Crippen molar-refractivity contribution in [2.24, 2.45) is 17.6 Å². The van der Waals surface area contributed by atoms with Crippen LogP contribution in [0.25, 0.3) is 0 Å². The Hall–Kier alpha value is -3.19. The minimum atomic E-state index is -1.01. The molecule has 0 radical (unpaired) electrons. The number of carboxylic acid groups (broad SMARTS) is 1. The molecule has 7 nitrogen and oxygen atoms in total. The molecule has 0 saturated carbocycles. The predicted octanol–water partition coefficient (Wildman–Crippen LogP) is 2.67. The molecule has 33 heavy (non-hydrogen) atoms. The number of aliphatic carboxylic acids is 1. The van der Waals surface area contributed by atoms with Gasteiger partial charge in [0.15, 0.2) is 5.78 Å². The molecule has 2 aromatic rings. The fraction of sp³-hybridized carbons (Fsp3) is 0.423. The van der Waals surface area contributed by atoms with Crippen LogP contribution in [-0.4, -0.2) is 46.3 Å². The molecule has 1 aliphatic heterocycles. The van der Waals surface area contributed by atoms with E-state index in [9.17, 15) is 19.5 Å². The van der Waals surface area contributed by atoms with Crippen LogP contribution < -0.4 is 11.5 Å². The van der Waals surface area contributed by atoms with Crippen molar-refractivity contribution in [3.8, 4) is 0 Å². The average molecular weight is 452 g/mol. The van der Waals surface area contributed by atoms with Gasteiger partial charge in [-0.3, -0.25) is 14.4 Å². The Balaban J connectivity index is 1.67. The van der Waals surface area contributed by atoms with E-state index < -0.39 is 29.9 Å². The number of hydrogen-bond donors (Lipinski definition) is 3. The summed E-state index contributed by atoms with van der Waals surface area (Å²) in [5.74, 6) is -2.84. The number of amides is 1. The van der Waals surface area contributed by atoms with Crippen LogP contribution in [0.4, 0.5) is 5.69 Å².